The Labute approximate surface area is 185 Å². The maximum Gasteiger partial charge on any atom is 0.338 e. The van der Waals surface area contributed by atoms with Crippen molar-refractivity contribution >= 4 is 28.4 Å². The number of ether oxygens (including phenoxy) is 1. The molecule has 7 nitrogen and oxygen atoms in total. The number of esters is 1. The highest BCUT2D eigenvalue weighted by Crippen LogP contribution is 2.44. The molecule has 1 aromatic carbocycles. The van der Waals surface area contributed by atoms with Gasteiger partial charge < -0.3 is 19.6 Å². The largest absolute Gasteiger partial charge is 0.457 e. The van der Waals surface area contributed by atoms with Gasteiger partial charge in [-0.3, -0.25) is 4.79 Å². The van der Waals surface area contributed by atoms with E-state index in [1.807, 2.05) is 31.0 Å². The summed E-state index contributed by atoms with van der Waals surface area (Å²) < 4.78 is 9.35. The molecule has 1 N–H and O–H groups in total. The van der Waals surface area contributed by atoms with Gasteiger partial charge in [-0.2, -0.15) is 4.37 Å². The summed E-state index contributed by atoms with van der Waals surface area (Å²) in [6, 6.07) is 3.60. The quantitative estimate of drug-likeness (QED) is 0.735. The molecule has 5 rings (SSSR count). The molecular formula is C23H27N3O4S. The van der Waals surface area contributed by atoms with Crippen LogP contribution in [0.1, 0.15) is 58.0 Å². The number of benzene rings is 1. The number of likely N-dealkylation sites (tertiary alicyclic amines) is 1. The lowest BCUT2D eigenvalue weighted by molar-refractivity contribution is -0.128. The van der Waals surface area contributed by atoms with E-state index in [-0.39, 0.29) is 23.9 Å². The molecule has 0 radical (unpaired) electrons. The Morgan fingerprint density at radius 2 is 1.94 bits per heavy atom. The number of nitrogens with zero attached hydrogens (tertiary/aromatic N) is 3. The highest BCUT2D eigenvalue weighted by atomic mass is 32.1. The number of aliphatic hydroxyl groups is 1. The van der Waals surface area contributed by atoms with E-state index in [9.17, 15) is 14.7 Å². The second-order valence-electron chi connectivity index (χ2n) is 9.00. The Morgan fingerprint density at radius 3 is 2.65 bits per heavy atom. The van der Waals surface area contributed by atoms with Gasteiger partial charge >= 0.3 is 5.97 Å². The van der Waals surface area contributed by atoms with E-state index in [4.69, 9.17) is 4.74 Å². The van der Waals surface area contributed by atoms with E-state index in [1.165, 1.54) is 11.5 Å². The Kier molecular flexibility index (Phi) is 5.11. The van der Waals surface area contributed by atoms with Gasteiger partial charge in [-0.25, -0.2) is 4.79 Å². The smallest absolute Gasteiger partial charge is 0.338 e. The Balaban J connectivity index is 1.23. The molecule has 1 spiro atoms. The Morgan fingerprint density at radius 1 is 1.19 bits per heavy atom. The van der Waals surface area contributed by atoms with E-state index in [1.54, 1.807) is 6.07 Å². The highest BCUT2D eigenvalue weighted by Gasteiger charge is 2.49. The van der Waals surface area contributed by atoms with E-state index < -0.39 is 6.10 Å². The molecule has 4 heterocycles. The number of aliphatic hydroxyl groups excluding tert-OH is 1. The number of carbonyl (C=O) groups excluding carboxylic acids is 2. The van der Waals surface area contributed by atoms with E-state index in [0.717, 1.165) is 66.2 Å². The van der Waals surface area contributed by atoms with Gasteiger partial charge in [0.25, 0.3) is 0 Å². The highest BCUT2D eigenvalue weighted by molar-refractivity contribution is 7.10. The SMILES string of the molecule is Cc1cnsc1N1CCC2(CCN(CC(O)c3ccc4c(c3C)COC4=O)CC2)C1=O. The molecule has 1 atom stereocenters. The first-order valence-electron chi connectivity index (χ1n) is 10.8. The maximum atomic E-state index is 13.3. The predicted molar refractivity (Wildman–Crippen MR) is 117 cm³/mol. The molecule has 8 heteroatoms. The molecule has 3 aliphatic heterocycles. The monoisotopic (exact) mass is 441 g/mol. The molecule has 0 bridgehead atoms. The van der Waals surface area contributed by atoms with Crippen molar-refractivity contribution in [2.24, 2.45) is 5.41 Å². The van der Waals surface area contributed by atoms with Crippen LogP contribution in [-0.2, 0) is 16.1 Å². The lowest BCUT2D eigenvalue weighted by Gasteiger charge is -2.38. The average molecular weight is 442 g/mol. The van der Waals surface area contributed by atoms with Gasteiger partial charge in [-0.05, 0) is 74.9 Å². The number of hydrogen-bond donors (Lipinski definition) is 1. The summed E-state index contributed by atoms with van der Waals surface area (Å²) in [5.74, 6) is -0.0524. The van der Waals surface area contributed by atoms with Crippen LogP contribution in [0.25, 0.3) is 0 Å². The summed E-state index contributed by atoms with van der Waals surface area (Å²) in [6.45, 7) is 7.11. The van der Waals surface area contributed by atoms with E-state index in [0.29, 0.717) is 12.1 Å². The molecule has 31 heavy (non-hydrogen) atoms. The second kappa shape index (κ2) is 7.69. The number of anilines is 1. The van der Waals surface area contributed by atoms with Crippen LogP contribution in [0, 0.1) is 19.3 Å². The molecule has 1 amide bonds. The summed E-state index contributed by atoms with van der Waals surface area (Å²) in [6.07, 6.45) is 3.71. The van der Waals surface area contributed by atoms with E-state index in [2.05, 4.69) is 9.27 Å². The van der Waals surface area contributed by atoms with Gasteiger partial charge in [0.2, 0.25) is 5.91 Å². The summed E-state index contributed by atoms with van der Waals surface area (Å²) in [4.78, 5) is 29.2. The summed E-state index contributed by atoms with van der Waals surface area (Å²) in [7, 11) is 0. The normalized spacial score (nSPS) is 21.6. The van der Waals surface area contributed by atoms with Crippen LogP contribution >= 0.6 is 11.5 Å². The lowest BCUT2D eigenvalue weighted by atomic mass is 9.77. The molecule has 2 fully saturated rings. The zero-order valence-electron chi connectivity index (χ0n) is 17.9. The van der Waals surface area contributed by atoms with Crippen LogP contribution in [0.4, 0.5) is 5.00 Å². The van der Waals surface area contributed by atoms with Crippen LogP contribution in [-0.4, -0.2) is 52.4 Å². The fourth-order valence-corrected chi connectivity index (χ4v) is 6.04. The molecule has 2 aromatic rings. The van der Waals surface area contributed by atoms with Crippen molar-refractivity contribution in [1.29, 1.82) is 0 Å². The number of piperidine rings is 1. The predicted octanol–water partition coefficient (Wildman–Crippen LogP) is 2.98. The molecule has 0 saturated carbocycles. The molecule has 1 aromatic heterocycles. The number of β-amino-alcohol motifs (C(OH)–C–C–N with tert-alkyl or cyclic N) is 1. The third-order valence-electron chi connectivity index (χ3n) is 7.29. The van der Waals surface area contributed by atoms with Gasteiger partial charge in [0.05, 0.1) is 17.1 Å². The van der Waals surface area contributed by atoms with Crippen molar-refractivity contribution in [3.05, 3.63) is 46.1 Å². The number of cyclic esters (lactones) is 1. The summed E-state index contributed by atoms with van der Waals surface area (Å²) >= 11 is 1.40. The van der Waals surface area contributed by atoms with Gasteiger partial charge in [0, 0.05) is 30.4 Å². The number of aromatic nitrogens is 1. The van der Waals surface area contributed by atoms with Gasteiger partial charge in [-0.1, -0.05) is 6.07 Å². The number of rotatable bonds is 4. The number of amides is 1. The zero-order chi connectivity index (χ0) is 21.8. The van der Waals surface area contributed by atoms with Gasteiger partial charge in [-0.15, -0.1) is 0 Å². The van der Waals surface area contributed by atoms with Crippen molar-refractivity contribution < 1.29 is 19.4 Å². The first-order valence-corrected chi connectivity index (χ1v) is 11.6. The van der Waals surface area contributed by atoms with Crippen molar-refractivity contribution in [3.8, 4) is 0 Å². The zero-order valence-corrected chi connectivity index (χ0v) is 18.7. The third kappa shape index (κ3) is 3.37. The first-order chi connectivity index (χ1) is 14.9. The topological polar surface area (TPSA) is 83.0 Å². The Hall–Kier alpha value is -2.29. The summed E-state index contributed by atoms with van der Waals surface area (Å²) in [5.41, 5.74) is 4.06. The molecule has 3 aliphatic rings. The Bertz CT molecular complexity index is 1040. The standard InChI is InChI=1S/C23H27N3O4S/c1-14-11-24-31-20(14)26-10-7-23(22(26)29)5-8-25(9-6-23)12-19(27)16-3-4-17-18(15(16)2)13-30-21(17)28/h3-4,11,19,27H,5-10,12-13H2,1-2H3. The average Bonchev–Trinajstić information content (AvgIpc) is 3.43. The minimum absolute atomic E-state index is 0.235. The van der Waals surface area contributed by atoms with E-state index >= 15 is 0 Å². The minimum Gasteiger partial charge on any atom is -0.457 e. The van der Waals surface area contributed by atoms with Crippen molar-refractivity contribution in [2.75, 3.05) is 31.1 Å². The van der Waals surface area contributed by atoms with Crippen molar-refractivity contribution in [3.63, 3.8) is 0 Å². The second-order valence-corrected chi connectivity index (χ2v) is 9.78. The fraction of sp³-hybridized carbons (Fsp3) is 0.522. The number of fused-ring (bicyclic) bond motifs is 1. The van der Waals surface area contributed by atoms with Gasteiger partial charge in [0.15, 0.2) is 0 Å². The van der Waals surface area contributed by atoms with Crippen LogP contribution < -0.4 is 4.90 Å². The van der Waals surface area contributed by atoms with Gasteiger partial charge in [0.1, 0.15) is 11.6 Å². The molecule has 164 valence electrons. The molecule has 0 aliphatic carbocycles. The number of aryl methyl sites for hydroxylation is 1. The summed E-state index contributed by atoms with van der Waals surface area (Å²) in [5, 5.41) is 11.9. The van der Waals surface area contributed by atoms with Crippen LogP contribution in [0.2, 0.25) is 0 Å². The number of carbonyl (C=O) groups is 2. The molecule has 2 saturated heterocycles. The first kappa shape index (κ1) is 20.6. The van der Waals surface area contributed by atoms with Crippen LogP contribution in [0.15, 0.2) is 18.3 Å². The molecular weight excluding hydrogens is 414 g/mol. The van der Waals surface area contributed by atoms with Crippen molar-refractivity contribution in [2.45, 2.75) is 45.8 Å². The van der Waals surface area contributed by atoms with Crippen LogP contribution in [0.3, 0.4) is 0 Å². The number of hydrogen-bond acceptors (Lipinski definition) is 7. The lowest BCUT2D eigenvalue weighted by Crippen LogP contribution is -2.45. The van der Waals surface area contributed by atoms with Crippen molar-refractivity contribution in [1.82, 2.24) is 9.27 Å². The fourth-order valence-electron chi connectivity index (χ4n) is 5.26. The third-order valence-corrected chi connectivity index (χ3v) is 8.22. The molecule has 1 unspecified atom stereocenters. The minimum atomic E-state index is -0.634. The maximum absolute atomic E-state index is 13.3. The van der Waals surface area contributed by atoms with Crippen LogP contribution in [0.5, 0.6) is 0 Å².